The van der Waals surface area contributed by atoms with Crippen molar-refractivity contribution in [3.63, 3.8) is 0 Å². The summed E-state index contributed by atoms with van der Waals surface area (Å²) in [5.74, 6) is 1.83. The molecule has 0 spiro atoms. The average Bonchev–Trinajstić information content (AvgIpc) is 3.23. The third kappa shape index (κ3) is 3.03. The first-order valence-electron chi connectivity index (χ1n) is 6.87. The molecular formula is C15H24N2O. The SMILES string of the molecule is CCN(CC1CC1)C(CN)c1ccccc1OC. The van der Waals surface area contributed by atoms with E-state index in [-0.39, 0.29) is 6.04 Å². The van der Waals surface area contributed by atoms with Gasteiger partial charge < -0.3 is 10.5 Å². The maximum Gasteiger partial charge on any atom is 0.123 e. The number of nitrogens with zero attached hydrogens (tertiary/aromatic N) is 1. The fourth-order valence-corrected chi connectivity index (χ4v) is 2.52. The molecule has 2 rings (SSSR count). The summed E-state index contributed by atoms with van der Waals surface area (Å²) in [6.45, 7) is 5.05. The molecule has 0 aromatic heterocycles. The van der Waals surface area contributed by atoms with Crippen molar-refractivity contribution in [1.29, 1.82) is 0 Å². The molecule has 1 aliphatic carbocycles. The maximum atomic E-state index is 6.00. The van der Waals surface area contributed by atoms with Crippen molar-refractivity contribution in [1.82, 2.24) is 4.90 Å². The number of methoxy groups -OCH3 is 1. The summed E-state index contributed by atoms with van der Waals surface area (Å²) in [5, 5.41) is 0. The zero-order chi connectivity index (χ0) is 13.0. The Morgan fingerprint density at radius 3 is 2.67 bits per heavy atom. The van der Waals surface area contributed by atoms with Crippen LogP contribution in [0.1, 0.15) is 31.4 Å². The van der Waals surface area contributed by atoms with Crippen LogP contribution in [0.15, 0.2) is 24.3 Å². The molecule has 1 atom stereocenters. The first kappa shape index (κ1) is 13.4. The second kappa shape index (κ2) is 6.21. The monoisotopic (exact) mass is 248 g/mol. The molecular weight excluding hydrogens is 224 g/mol. The van der Waals surface area contributed by atoms with Crippen LogP contribution < -0.4 is 10.5 Å². The molecule has 3 heteroatoms. The van der Waals surface area contributed by atoms with Gasteiger partial charge in [-0.15, -0.1) is 0 Å². The second-order valence-electron chi connectivity index (χ2n) is 5.02. The Morgan fingerprint density at radius 1 is 1.39 bits per heavy atom. The molecule has 0 bridgehead atoms. The quantitative estimate of drug-likeness (QED) is 0.805. The van der Waals surface area contributed by atoms with Gasteiger partial charge in [-0.3, -0.25) is 4.90 Å². The van der Waals surface area contributed by atoms with Crippen LogP contribution in [0.5, 0.6) is 5.75 Å². The molecule has 1 aromatic carbocycles. The lowest BCUT2D eigenvalue weighted by Gasteiger charge is -2.31. The third-order valence-electron chi connectivity index (χ3n) is 3.76. The summed E-state index contributed by atoms with van der Waals surface area (Å²) in [7, 11) is 1.73. The van der Waals surface area contributed by atoms with Gasteiger partial charge in [0.25, 0.3) is 0 Å². The second-order valence-corrected chi connectivity index (χ2v) is 5.02. The first-order valence-corrected chi connectivity index (χ1v) is 6.87. The van der Waals surface area contributed by atoms with E-state index in [1.54, 1.807) is 7.11 Å². The Balaban J connectivity index is 2.18. The zero-order valence-corrected chi connectivity index (χ0v) is 11.4. The Kier molecular flexibility index (Phi) is 4.61. The van der Waals surface area contributed by atoms with Gasteiger partial charge in [-0.2, -0.15) is 0 Å². The molecule has 0 aliphatic heterocycles. The number of likely N-dealkylation sites (N-methyl/N-ethyl adjacent to an activating group) is 1. The molecule has 1 saturated carbocycles. The molecule has 100 valence electrons. The van der Waals surface area contributed by atoms with Gasteiger partial charge in [0.1, 0.15) is 5.75 Å². The van der Waals surface area contributed by atoms with Crippen LogP contribution in [0.4, 0.5) is 0 Å². The number of hydrogen-bond donors (Lipinski definition) is 1. The van der Waals surface area contributed by atoms with E-state index in [0.29, 0.717) is 6.54 Å². The standard InChI is InChI=1S/C15H24N2O/c1-3-17(11-12-8-9-12)14(10-16)13-6-4-5-7-15(13)18-2/h4-7,12,14H,3,8-11,16H2,1-2H3. The number of hydrogen-bond acceptors (Lipinski definition) is 3. The molecule has 1 unspecified atom stereocenters. The molecule has 2 N–H and O–H groups in total. The van der Waals surface area contributed by atoms with E-state index in [0.717, 1.165) is 24.8 Å². The van der Waals surface area contributed by atoms with Gasteiger partial charge in [-0.25, -0.2) is 0 Å². The number of rotatable bonds is 7. The molecule has 0 amide bonds. The molecule has 1 aliphatic rings. The molecule has 3 nitrogen and oxygen atoms in total. The fourth-order valence-electron chi connectivity index (χ4n) is 2.52. The Bertz CT molecular complexity index is 377. The Hall–Kier alpha value is -1.06. The van der Waals surface area contributed by atoms with E-state index in [2.05, 4.69) is 24.0 Å². The number of benzene rings is 1. The summed E-state index contributed by atoms with van der Waals surface area (Å²) in [5.41, 5.74) is 7.22. The zero-order valence-electron chi connectivity index (χ0n) is 11.4. The predicted molar refractivity (Wildman–Crippen MR) is 74.8 cm³/mol. The van der Waals surface area contributed by atoms with Gasteiger partial charge in [0.2, 0.25) is 0 Å². The third-order valence-corrected chi connectivity index (χ3v) is 3.76. The van der Waals surface area contributed by atoms with E-state index in [1.807, 2.05) is 12.1 Å². The van der Waals surface area contributed by atoms with Gasteiger partial charge >= 0.3 is 0 Å². The van der Waals surface area contributed by atoms with Crippen LogP contribution in [0.3, 0.4) is 0 Å². The lowest BCUT2D eigenvalue weighted by molar-refractivity contribution is 0.200. The topological polar surface area (TPSA) is 38.5 Å². The molecule has 18 heavy (non-hydrogen) atoms. The predicted octanol–water partition coefficient (Wildman–Crippen LogP) is 2.43. The van der Waals surface area contributed by atoms with E-state index in [1.165, 1.54) is 18.4 Å². The van der Waals surface area contributed by atoms with Crippen LogP contribution >= 0.6 is 0 Å². The summed E-state index contributed by atoms with van der Waals surface area (Å²) in [4.78, 5) is 2.48. The van der Waals surface area contributed by atoms with E-state index in [9.17, 15) is 0 Å². The molecule has 0 radical (unpaired) electrons. The van der Waals surface area contributed by atoms with E-state index < -0.39 is 0 Å². The minimum Gasteiger partial charge on any atom is -0.496 e. The highest BCUT2D eigenvalue weighted by Gasteiger charge is 2.28. The minimum atomic E-state index is 0.270. The smallest absolute Gasteiger partial charge is 0.123 e. The van der Waals surface area contributed by atoms with Crippen molar-refractivity contribution < 1.29 is 4.74 Å². The number of para-hydroxylation sites is 1. The van der Waals surface area contributed by atoms with Gasteiger partial charge in [-0.1, -0.05) is 25.1 Å². The molecule has 0 heterocycles. The van der Waals surface area contributed by atoms with Crippen LogP contribution in [0.25, 0.3) is 0 Å². The Labute approximate surface area is 110 Å². The van der Waals surface area contributed by atoms with Crippen molar-refractivity contribution in [3.05, 3.63) is 29.8 Å². The van der Waals surface area contributed by atoms with Crippen LogP contribution in [0, 0.1) is 5.92 Å². The lowest BCUT2D eigenvalue weighted by Crippen LogP contribution is -2.35. The summed E-state index contributed by atoms with van der Waals surface area (Å²) >= 11 is 0. The van der Waals surface area contributed by atoms with Crippen molar-refractivity contribution >= 4 is 0 Å². The number of ether oxygens (including phenoxy) is 1. The molecule has 1 fully saturated rings. The van der Waals surface area contributed by atoms with E-state index >= 15 is 0 Å². The summed E-state index contributed by atoms with van der Waals surface area (Å²) in [6, 6.07) is 8.49. The molecule has 0 saturated heterocycles. The van der Waals surface area contributed by atoms with Gasteiger partial charge in [0.05, 0.1) is 13.2 Å². The van der Waals surface area contributed by atoms with Crippen LogP contribution in [0.2, 0.25) is 0 Å². The van der Waals surface area contributed by atoms with Crippen LogP contribution in [-0.2, 0) is 0 Å². The average molecular weight is 248 g/mol. The Morgan fingerprint density at radius 2 is 2.11 bits per heavy atom. The fraction of sp³-hybridized carbons (Fsp3) is 0.600. The van der Waals surface area contributed by atoms with Gasteiger partial charge in [0, 0.05) is 18.7 Å². The lowest BCUT2D eigenvalue weighted by atomic mass is 10.0. The first-order chi connectivity index (χ1) is 8.80. The van der Waals surface area contributed by atoms with E-state index in [4.69, 9.17) is 10.5 Å². The van der Waals surface area contributed by atoms with Crippen molar-refractivity contribution in [2.45, 2.75) is 25.8 Å². The normalized spacial score (nSPS) is 16.9. The van der Waals surface area contributed by atoms with Gasteiger partial charge in [-0.05, 0) is 31.4 Å². The highest BCUT2D eigenvalue weighted by atomic mass is 16.5. The number of nitrogens with two attached hydrogens (primary N) is 1. The van der Waals surface area contributed by atoms with Gasteiger partial charge in [0.15, 0.2) is 0 Å². The highest BCUT2D eigenvalue weighted by Crippen LogP contribution is 2.34. The largest absolute Gasteiger partial charge is 0.496 e. The van der Waals surface area contributed by atoms with Crippen molar-refractivity contribution in [3.8, 4) is 5.75 Å². The van der Waals surface area contributed by atoms with Crippen LogP contribution in [-0.4, -0.2) is 31.6 Å². The molecule has 1 aromatic rings. The summed E-state index contributed by atoms with van der Waals surface area (Å²) < 4.78 is 5.46. The highest BCUT2D eigenvalue weighted by molar-refractivity contribution is 5.36. The summed E-state index contributed by atoms with van der Waals surface area (Å²) in [6.07, 6.45) is 2.75. The van der Waals surface area contributed by atoms with Crippen molar-refractivity contribution in [2.75, 3.05) is 26.7 Å². The van der Waals surface area contributed by atoms with Crippen molar-refractivity contribution in [2.24, 2.45) is 11.7 Å². The maximum absolute atomic E-state index is 6.00. The minimum absolute atomic E-state index is 0.270.